The van der Waals surface area contributed by atoms with E-state index in [0.717, 1.165) is 16.0 Å². The van der Waals surface area contributed by atoms with Gasteiger partial charge in [-0.1, -0.05) is 18.2 Å². The van der Waals surface area contributed by atoms with Gasteiger partial charge in [0.2, 0.25) is 5.28 Å². The number of halogens is 1. The van der Waals surface area contributed by atoms with Gasteiger partial charge in [0, 0.05) is 24.5 Å². The number of aromatic nitrogens is 2. The van der Waals surface area contributed by atoms with Crippen molar-refractivity contribution >= 4 is 39.0 Å². The highest BCUT2D eigenvalue weighted by Crippen LogP contribution is 2.42. The van der Waals surface area contributed by atoms with E-state index in [1.165, 1.54) is 27.1 Å². The first-order chi connectivity index (χ1) is 10.4. The van der Waals surface area contributed by atoms with Gasteiger partial charge in [-0.3, -0.25) is 0 Å². The lowest BCUT2D eigenvalue weighted by molar-refractivity contribution is 1.06. The molecule has 0 unspecified atom stereocenters. The van der Waals surface area contributed by atoms with E-state index >= 15 is 0 Å². The predicted molar refractivity (Wildman–Crippen MR) is 96.4 cm³/mol. The minimum atomic E-state index is 0.295. The zero-order chi connectivity index (χ0) is 16.0. The minimum Gasteiger partial charge on any atom is -0.362 e. The molecule has 0 bridgehead atoms. The maximum Gasteiger partial charge on any atom is 0.225 e. The van der Waals surface area contributed by atoms with Crippen LogP contribution in [0.15, 0.2) is 18.2 Å². The number of benzene rings is 1. The summed E-state index contributed by atoms with van der Waals surface area (Å²) in [5.74, 6) is 0.868. The van der Waals surface area contributed by atoms with Crippen LogP contribution in [0, 0.1) is 20.8 Å². The van der Waals surface area contributed by atoms with Crippen LogP contribution < -0.4 is 4.90 Å². The molecule has 22 heavy (non-hydrogen) atoms. The molecule has 0 spiro atoms. The Morgan fingerprint density at radius 1 is 1.05 bits per heavy atom. The average molecular weight is 332 g/mol. The van der Waals surface area contributed by atoms with Gasteiger partial charge >= 0.3 is 0 Å². The van der Waals surface area contributed by atoms with Gasteiger partial charge in [-0.15, -0.1) is 11.3 Å². The van der Waals surface area contributed by atoms with Crippen molar-refractivity contribution in [2.75, 3.05) is 19.0 Å². The normalized spacial score (nSPS) is 11.2. The van der Waals surface area contributed by atoms with Crippen molar-refractivity contribution in [2.24, 2.45) is 0 Å². The van der Waals surface area contributed by atoms with Crippen molar-refractivity contribution in [1.29, 1.82) is 0 Å². The Bertz CT molecular complexity index is 868. The average Bonchev–Trinajstić information content (AvgIpc) is 2.76. The zero-order valence-electron chi connectivity index (χ0n) is 13.4. The molecule has 0 aliphatic heterocycles. The molecule has 0 fully saturated rings. The molecule has 114 valence electrons. The van der Waals surface area contributed by atoms with Crippen LogP contribution in [-0.4, -0.2) is 24.1 Å². The van der Waals surface area contributed by atoms with Gasteiger partial charge < -0.3 is 4.90 Å². The predicted octanol–water partition coefficient (Wildman–Crippen LogP) is 5.00. The number of thiophene rings is 1. The number of hydrogen-bond acceptors (Lipinski definition) is 4. The molecule has 3 aromatic rings. The van der Waals surface area contributed by atoms with E-state index in [1.54, 1.807) is 11.3 Å². The molecule has 5 heteroatoms. The molecule has 0 amide bonds. The van der Waals surface area contributed by atoms with E-state index in [4.69, 9.17) is 11.6 Å². The summed E-state index contributed by atoms with van der Waals surface area (Å²) in [4.78, 5) is 13.0. The second kappa shape index (κ2) is 5.52. The highest BCUT2D eigenvalue weighted by Gasteiger charge is 2.19. The maximum atomic E-state index is 6.08. The van der Waals surface area contributed by atoms with Gasteiger partial charge in [-0.2, -0.15) is 4.98 Å². The summed E-state index contributed by atoms with van der Waals surface area (Å²) in [5, 5.41) is 1.38. The maximum absolute atomic E-state index is 6.08. The van der Waals surface area contributed by atoms with Crippen molar-refractivity contribution in [3.8, 4) is 11.1 Å². The van der Waals surface area contributed by atoms with Crippen LogP contribution in [0.3, 0.4) is 0 Å². The molecule has 2 aromatic heterocycles. The smallest absolute Gasteiger partial charge is 0.225 e. The quantitative estimate of drug-likeness (QED) is 0.618. The van der Waals surface area contributed by atoms with E-state index in [9.17, 15) is 0 Å². The Labute approximate surface area is 139 Å². The lowest BCUT2D eigenvalue weighted by Crippen LogP contribution is -2.11. The monoisotopic (exact) mass is 331 g/mol. The molecule has 0 aliphatic rings. The van der Waals surface area contributed by atoms with E-state index < -0.39 is 0 Å². The summed E-state index contributed by atoms with van der Waals surface area (Å²) >= 11 is 7.75. The van der Waals surface area contributed by atoms with Crippen LogP contribution in [0.5, 0.6) is 0 Å². The molecule has 0 saturated carbocycles. The van der Waals surface area contributed by atoms with Crippen molar-refractivity contribution in [1.82, 2.24) is 9.97 Å². The number of fused-ring (bicyclic) bond motifs is 1. The summed E-state index contributed by atoms with van der Waals surface area (Å²) < 4.78 is 0. The Hall–Kier alpha value is -1.65. The molecule has 0 N–H and O–H groups in total. The third-order valence-corrected chi connectivity index (χ3v) is 5.07. The Morgan fingerprint density at radius 3 is 2.41 bits per heavy atom. The van der Waals surface area contributed by atoms with Gasteiger partial charge in [0.05, 0.1) is 5.39 Å². The van der Waals surface area contributed by atoms with E-state index in [-0.39, 0.29) is 0 Å². The molecule has 0 aliphatic carbocycles. The summed E-state index contributed by atoms with van der Waals surface area (Å²) in [6.07, 6.45) is 0. The second-order valence-corrected chi connectivity index (χ2v) is 7.26. The summed E-state index contributed by atoms with van der Waals surface area (Å²) in [6.45, 7) is 6.40. The van der Waals surface area contributed by atoms with E-state index in [1.807, 2.05) is 19.0 Å². The van der Waals surface area contributed by atoms with Crippen LogP contribution in [0.1, 0.15) is 16.0 Å². The molecular weight excluding hydrogens is 314 g/mol. The van der Waals surface area contributed by atoms with Crippen molar-refractivity contribution in [3.63, 3.8) is 0 Å². The fraction of sp³-hybridized carbons (Fsp3) is 0.294. The highest BCUT2D eigenvalue weighted by molar-refractivity contribution is 7.19. The van der Waals surface area contributed by atoms with Crippen molar-refractivity contribution in [3.05, 3.63) is 39.5 Å². The van der Waals surface area contributed by atoms with Gasteiger partial charge in [-0.05, 0) is 49.1 Å². The van der Waals surface area contributed by atoms with E-state index in [2.05, 4.69) is 48.9 Å². The van der Waals surface area contributed by atoms with Gasteiger partial charge in [0.15, 0.2) is 0 Å². The molecule has 1 aromatic carbocycles. The largest absolute Gasteiger partial charge is 0.362 e. The Balaban J connectivity index is 2.38. The first kappa shape index (κ1) is 15.3. The van der Waals surface area contributed by atoms with Crippen LogP contribution in [-0.2, 0) is 0 Å². The standard InChI is InChI=1S/C17H18ClN3S/c1-9-6-7-12(8-10(9)2)13-11(3)22-16-14(13)15(21(4)5)19-17(18)20-16/h6-8H,1-5H3. The van der Waals surface area contributed by atoms with Crippen molar-refractivity contribution in [2.45, 2.75) is 20.8 Å². The van der Waals surface area contributed by atoms with Crippen LogP contribution in [0.2, 0.25) is 5.28 Å². The van der Waals surface area contributed by atoms with E-state index in [0.29, 0.717) is 5.28 Å². The summed E-state index contributed by atoms with van der Waals surface area (Å²) in [7, 11) is 3.96. The lowest BCUT2D eigenvalue weighted by Gasteiger charge is -2.14. The third kappa shape index (κ3) is 2.46. The fourth-order valence-electron chi connectivity index (χ4n) is 2.64. The minimum absolute atomic E-state index is 0.295. The molecular formula is C17H18ClN3S. The van der Waals surface area contributed by atoms with Gasteiger partial charge in [0.1, 0.15) is 10.6 Å². The number of rotatable bonds is 2. The van der Waals surface area contributed by atoms with Gasteiger partial charge in [-0.25, -0.2) is 4.98 Å². The number of anilines is 1. The first-order valence-electron chi connectivity index (χ1n) is 7.10. The molecule has 0 radical (unpaired) electrons. The second-order valence-electron chi connectivity index (χ2n) is 5.72. The molecule has 3 nitrogen and oxygen atoms in total. The van der Waals surface area contributed by atoms with Crippen molar-refractivity contribution < 1.29 is 0 Å². The SMILES string of the molecule is Cc1ccc(-c2c(C)sc3nc(Cl)nc(N(C)C)c23)cc1C. The molecule has 2 heterocycles. The highest BCUT2D eigenvalue weighted by atomic mass is 35.5. The van der Waals surface area contributed by atoms with Crippen LogP contribution >= 0.6 is 22.9 Å². The van der Waals surface area contributed by atoms with Crippen LogP contribution in [0.25, 0.3) is 21.3 Å². The molecule has 0 atom stereocenters. The molecule has 0 saturated heterocycles. The number of nitrogens with zero attached hydrogens (tertiary/aromatic N) is 3. The Morgan fingerprint density at radius 2 is 1.77 bits per heavy atom. The zero-order valence-corrected chi connectivity index (χ0v) is 14.9. The molecule has 3 rings (SSSR count). The fourth-order valence-corrected chi connectivity index (χ4v) is 3.89. The Kier molecular flexibility index (Phi) is 3.83. The summed E-state index contributed by atoms with van der Waals surface area (Å²) in [6, 6.07) is 6.57. The summed E-state index contributed by atoms with van der Waals surface area (Å²) in [5.41, 5.74) is 5.01. The topological polar surface area (TPSA) is 29.0 Å². The van der Waals surface area contributed by atoms with Crippen LogP contribution in [0.4, 0.5) is 5.82 Å². The first-order valence-corrected chi connectivity index (χ1v) is 8.29. The lowest BCUT2D eigenvalue weighted by atomic mass is 9.99. The van der Waals surface area contributed by atoms with Gasteiger partial charge in [0.25, 0.3) is 0 Å². The third-order valence-electron chi connectivity index (χ3n) is 3.90. The number of aryl methyl sites for hydroxylation is 3. The number of hydrogen-bond donors (Lipinski definition) is 0.